The molecule has 1 aliphatic heterocycles. The van der Waals surface area contributed by atoms with Crippen LogP contribution in [0, 0.1) is 11.6 Å². The molecule has 0 aliphatic carbocycles. The van der Waals surface area contributed by atoms with Crippen molar-refractivity contribution in [3.63, 3.8) is 0 Å². The Kier molecular flexibility index (Phi) is 7.55. The molecular formula is C26H26F2N2OS. The van der Waals surface area contributed by atoms with Gasteiger partial charge in [-0.25, -0.2) is 8.78 Å². The number of benzene rings is 3. The molecular weight excluding hydrogens is 426 g/mol. The molecule has 6 heteroatoms. The first-order chi connectivity index (χ1) is 15.6. The van der Waals surface area contributed by atoms with E-state index in [1.54, 1.807) is 30.0 Å². The second-order valence-corrected chi connectivity index (χ2v) is 9.41. The molecule has 0 spiro atoms. The Morgan fingerprint density at radius 1 is 0.938 bits per heavy atom. The van der Waals surface area contributed by atoms with E-state index >= 15 is 0 Å². The van der Waals surface area contributed by atoms with Gasteiger partial charge < -0.3 is 5.32 Å². The third kappa shape index (κ3) is 6.17. The fraction of sp³-hybridized carbons (Fsp3) is 0.269. The first kappa shape index (κ1) is 22.5. The van der Waals surface area contributed by atoms with Crippen molar-refractivity contribution in [3.8, 4) is 0 Å². The number of halogens is 2. The monoisotopic (exact) mass is 452 g/mol. The van der Waals surface area contributed by atoms with Crippen LogP contribution < -0.4 is 5.32 Å². The SMILES string of the molecule is O=C(NCCc1cccc(F)c1)[C@@H]1C[C@@H](Sc2ccc(F)cc2)CN1Cc1ccccc1. The van der Waals surface area contributed by atoms with Gasteiger partial charge in [-0.3, -0.25) is 9.69 Å². The molecule has 1 N–H and O–H groups in total. The molecule has 1 aliphatic rings. The molecule has 3 nitrogen and oxygen atoms in total. The summed E-state index contributed by atoms with van der Waals surface area (Å²) in [6.45, 7) is 1.94. The van der Waals surface area contributed by atoms with E-state index in [2.05, 4.69) is 22.3 Å². The van der Waals surface area contributed by atoms with Gasteiger partial charge in [0.15, 0.2) is 0 Å². The van der Waals surface area contributed by atoms with Gasteiger partial charge in [0.2, 0.25) is 5.91 Å². The van der Waals surface area contributed by atoms with E-state index < -0.39 is 0 Å². The summed E-state index contributed by atoms with van der Waals surface area (Å²) in [5.41, 5.74) is 2.03. The van der Waals surface area contributed by atoms with Crippen molar-refractivity contribution in [1.82, 2.24) is 10.2 Å². The van der Waals surface area contributed by atoms with Crippen LogP contribution in [0.1, 0.15) is 17.5 Å². The van der Waals surface area contributed by atoms with Crippen molar-refractivity contribution < 1.29 is 13.6 Å². The van der Waals surface area contributed by atoms with Crippen LogP contribution in [0.5, 0.6) is 0 Å². The minimum absolute atomic E-state index is 0.000426. The van der Waals surface area contributed by atoms with E-state index in [0.717, 1.165) is 29.0 Å². The number of carbonyl (C=O) groups is 1. The smallest absolute Gasteiger partial charge is 0.237 e. The normalized spacial score (nSPS) is 18.6. The number of rotatable bonds is 8. The molecule has 1 amide bonds. The van der Waals surface area contributed by atoms with Crippen LogP contribution in [-0.2, 0) is 17.8 Å². The quantitative estimate of drug-likeness (QED) is 0.519. The summed E-state index contributed by atoms with van der Waals surface area (Å²) >= 11 is 1.69. The van der Waals surface area contributed by atoms with E-state index in [1.165, 1.54) is 24.3 Å². The van der Waals surface area contributed by atoms with Gasteiger partial charge in [0, 0.05) is 29.8 Å². The Labute approximate surface area is 191 Å². The summed E-state index contributed by atoms with van der Waals surface area (Å²) in [5, 5.41) is 3.28. The van der Waals surface area contributed by atoms with Crippen molar-refractivity contribution in [1.29, 1.82) is 0 Å². The number of nitrogens with zero attached hydrogens (tertiary/aromatic N) is 1. The van der Waals surface area contributed by atoms with E-state index in [9.17, 15) is 13.6 Å². The maximum Gasteiger partial charge on any atom is 0.237 e. The van der Waals surface area contributed by atoms with Gasteiger partial charge in [-0.15, -0.1) is 11.8 Å². The van der Waals surface area contributed by atoms with Crippen LogP contribution in [-0.4, -0.2) is 35.2 Å². The summed E-state index contributed by atoms with van der Waals surface area (Å²) in [5.74, 6) is -0.513. The van der Waals surface area contributed by atoms with Crippen molar-refractivity contribution in [2.24, 2.45) is 0 Å². The first-order valence-corrected chi connectivity index (χ1v) is 11.7. The summed E-state index contributed by atoms with van der Waals surface area (Å²) in [4.78, 5) is 16.3. The van der Waals surface area contributed by atoms with Crippen molar-refractivity contribution >= 4 is 17.7 Å². The average Bonchev–Trinajstić information content (AvgIpc) is 3.18. The molecule has 0 saturated carbocycles. The topological polar surface area (TPSA) is 32.3 Å². The molecule has 32 heavy (non-hydrogen) atoms. The summed E-state index contributed by atoms with van der Waals surface area (Å²) in [6, 6.07) is 22.9. The van der Waals surface area contributed by atoms with Crippen LogP contribution in [0.4, 0.5) is 8.78 Å². The molecule has 2 atom stereocenters. The Morgan fingerprint density at radius 3 is 2.44 bits per heavy atom. The largest absolute Gasteiger partial charge is 0.354 e. The third-order valence-electron chi connectivity index (χ3n) is 5.61. The molecule has 4 rings (SSSR count). The Balaban J connectivity index is 1.39. The maximum atomic E-state index is 13.4. The van der Waals surface area contributed by atoms with Crippen LogP contribution in [0.3, 0.4) is 0 Å². The molecule has 1 fully saturated rings. The predicted molar refractivity (Wildman–Crippen MR) is 124 cm³/mol. The number of hydrogen-bond donors (Lipinski definition) is 1. The minimum Gasteiger partial charge on any atom is -0.354 e. The van der Waals surface area contributed by atoms with E-state index in [1.807, 2.05) is 24.3 Å². The Bertz CT molecular complexity index is 1030. The fourth-order valence-electron chi connectivity index (χ4n) is 4.06. The van der Waals surface area contributed by atoms with Gasteiger partial charge >= 0.3 is 0 Å². The lowest BCUT2D eigenvalue weighted by Gasteiger charge is -2.23. The maximum absolute atomic E-state index is 13.4. The summed E-state index contributed by atoms with van der Waals surface area (Å²) < 4.78 is 26.6. The number of hydrogen-bond acceptors (Lipinski definition) is 3. The van der Waals surface area contributed by atoms with Gasteiger partial charge in [-0.2, -0.15) is 0 Å². The number of thioether (sulfide) groups is 1. The molecule has 3 aromatic rings. The van der Waals surface area contributed by atoms with Crippen molar-refractivity contribution in [2.75, 3.05) is 13.1 Å². The fourth-order valence-corrected chi connectivity index (χ4v) is 5.28. The highest BCUT2D eigenvalue weighted by molar-refractivity contribution is 8.00. The first-order valence-electron chi connectivity index (χ1n) is 10.8. The molecule has 1 saturated heterocycles. The molecule has 0 aromatic heterocycles. The number of carbonyl (C=O) groups excluding carboxylic acids is 1. The Morgan fingerprint density at radius 2 is 1.69 bits per heavy atom. The van der Waals surface area contributed by atoms with Gasteiger partial charge in [0.25, 0.3) is 0 Å². The zero-order chi connectivity index (χ0) is 22.3. The van der Waals surface area contributed by atoms with Crippen molar-refractivity contribution in [3.05, 3.63) is 102 Å². The van der Waals surface area contributed by atoms with Crippen molar-refractivity contribution in [2.45, 2.75) is 35.6 Å². The van der Waals surface area contributed by atoms with Gasteiger partial charge in [-0.1, -0.05) is 42.5 Å². The lowest BCUT2D eigenvalue weighted by molar-refractivity contribution is -0.125. The zero-order valence-electron chi connectivity index (χ0n) is 17.7. The lowest BCUT2D eigenvalue weighted by atomic mass is 10.1. The Hall–Kier alpha value is -2.70. The molecule has 1 heterocycles. The van der Waals surface area contributed by atoms with E-state index in [-0.39, 0.29) is 28.8 Å². The highest BCUT2D eigenvalue weighted by Crippen LogP contribution is 2.34. The molecule has 166 valence electrons. The third-order valence-corrected chi connectivity index (χ3v) is 6.83. The van der Waals surface area contributed by atoms with Gasteiger partial charge in [-0.05, 0) is 60.4 Å². The van der Waals surface area contributed by atoms with Crippen LogP contribution in [0.15, 0.2) is 83.8 Å². The zero-order valence-corrected chi connectivity index (χ0v) is 18.5. The number of amides is 1. The summed E-state index contributed by atoms with van der Waals surface area (Å²) in [6.07, 6.45) is 1.31. The van der Waals surface area contributed by atoms with Gasteiger partial charge in [0.1, 0.15) is 11.6 Å². The van der Waals surface area contributed by atoms with Gasteiger partial charge in [0.05, 0.1) is 6.04 Å². The minimum atomic E-state index is -0.265. The molecule has 0 bridgehead atoms. The van der Waals surface area contributed by atoms with E-state index in [0.29, 0.717) is 19.5 Å². The van der Waals surface area contributed by atoms with Crippen LogP contribution >= 0.6 is 11.8 Å². The van der Waals surface area contributed by atoms with Crippen LogP contribution in [0.25, 0.3) is 0 Å². The number of nitrogens with one attached hydrogen (secondary N) is 1. The standard InChI is InChI=1S/C26H26F2N2OS/c27-21-9-11-23(12-10-21)32-24-16-25(30(18-24)17-20-5-2-1-3-6-20)26(31)29-14-13-19-7-4-8-22(28)15-19/h1-12,15,24-25H,13-14,16-18H2,(H,29,31)/t24-,25+/m1/s1. The predicted octanol–water partition coefficient (Wildman–Crippen LogP) is 5.06. The second-order valence-electron chi connectivity index (χ2n) is 8.03. The average molecular weight is 453 g/mol. The highest BCUT2D eigenvalue weighted by Gasteiger charge is 2.37. The molecule has 0 unspecified atom stereocenters. The van der Waals surface area contributed by atoms with Crippen LogP contribution in [0.2, 0.25) is 0 Å². The lowest BCUT2D eigenvalue weighted by Crippen LogP contribution is -2.43. The molecule has 0 radical (unpaired) electrons. The summed E-state index contributed by atoms with van der Waals surface area (Å²) in [7, 11) is 0. The molecule has 3 aromatic carbocycles. The number of likely N-dealkylation sites (tertiary alicyclic amines) is 1. The van der Waals surface area contributed by atoms with E-state index in [4.69, 9.17) is 0 Å². The second kappa shape index (κ2) is 10.7. The highest BCUT2D eigenvalue weighted by atomic mass is 32.2.